The van der Waals surface area contributed by atoms with Gasteiger partial charge in [-0.05, 0) is 6.92 Å². The zero-order valence-corrected chi connectivity index (χ0v) is 8.51. The molecule has 0 aromatic heterocycles. The Morgan fingerprint density at radius 1 is 1.54 bits per heavy atom. The van der Waals surface area contributed by atoms with E-state index in [1.54, 1.807) is 0 Å². The topological polar surface area (TPSA) is 60.8 Å². The quantitative estimate of drug-likeness (QED) is 0.672. The van der Waals surface area contributed by atoms with Crippen LogP contribution in [-0.2, 0) is 4.79 Å². The lowest BCUT2D eigenvalue weighted by Gasteiger charge is -2.31. The second kappa shape index (κ2) is 4.30. The summed E-state index contributed by atoms with van der Waals surface area (Å²) in [5, 5.41) is 18.2. The van der Waals surface area contributed by atoms with Gasteiger partial charge in [-0.15, -0.1) is 0 Å². The number of carbonyl (C=O) groups is 1. The second-order valence-electron chi connectivity index (χ2n) is 3.47. The molecule has 0 bridgehead atoms. The van der Waals surface area contributed by atoms with Crippen LogP contribution in [-0.4, -0.2) is 57.8 Å². The standard InChI is InChI=1S/C8H15NO3S/c1-8(12,7(10)11)6-9-2-4-13-5-3-9/h12H,2-6H2,1H3,(H,10,11). The largest absolute Gasteiger partial charge is 0.479 e. The van der Waals surface area contributed by atoms with Crippen molar-refractivity contribution < 1.29 is 15.0 Å². The number of thioether (sulfide) groups is 1. The van der Waals surface area contributed by atoms with Crippen molar-refractivity contribution in [1.82, 2.24) is 4.90 Å². The summed E-state index contributed by atoms with van der Waals surface area (Å²) in [6.07, 6.45) is 0. The average molecular weight is 205 g/mol. The fourth-order valence-electron chi connectivity index (χ4n) is 1.26. The number of hydrogen-bond acceptors (Lipinski definition) is 4. The van der Waals surface area contributed by atoms with Crippen molar-refractivity contribution in [2.75, 3.05) is 31.1 Å². The number of β-amino-alcohol motifs (C(OH)–C–C–N with tert-alkyl or cyclic N) is 1. The van der Waals surface area contributed by atoms with E-state index in [4.69, 9.17) is 5.11 Å². The van der Waals surface area contributed by atoms with Gasteiger partial charge in [-0.25, -0.2) is 4.79 Å². The lowest BCUT2D eigenvalue weighted by molar-refractivity contribution is -0.158. The van der Waals surface area contributed by atoms with Crippen molar-refractivity contribution in [2.24, 2.45) is 0 Å². The van der Waals surface area contributed by atoms with Gasteiger partial charge in [0, 0.05) is 31.1 Å². The van der Waals surface area contributed by atoms with Gasteiger partial charge in [-0.2, -0.15) is 11.8 Å². The minimum atomic E-state index is -1.61. The highest BCUT2D eigenvalue weighted by atomic mass is 32.2. The zero-order valence-electron chi connectivity index (χ0n) is 7.69. The Kier molecular flexibility index (Phi) is 3.58. The molecular formula is C8H15NO3S. The number of aliphatic hydroxyl groups is 1. The predicted molar refractivity (Wildman–Crippen MR) is 52.0 cm³/mol. The van der Waals surface area contributed by atoms with Crippen LogP contribution >= 0.6 is 11.8 Å². The van der Waals surface area contributed by atoms with Crippen LogP contribution in [0.5, 0.6) is 0 Å². The Hall–Kier alpha value is -0.260. The first-order valence-electron chi connectivity index (χ1n) is 4.28. The van der Waals surface area contributed by atoms with Crippen molar-refractivity contribution in [2.45, 2.75) is 12.5 Å². The Balaban J connectivity index is 2.41. The highest BCUT2D eigenvalue weighted by Gasteiger charge is 2.32. The molecule has 0 aromatic rings. The summed E-state index contributed by atoms with van der Waals surface area (Å²) in [5.74, 6) is 0.900. The van der Waals surface area contributed by atoms with Gasteiger partial charge in [0.05, 0.1) is 0 Å². The van der Waals surface area contributed by atoms with Gasteiger partial charge in [-0.3, -0.25) is 4.90 Å². The number of carboxylic acid groups (broad SMARTS) is 1. The maximum Gasteiger partial charge on any atom is 0.336 e. The van der Waals surface area contributed by atoms with Gasteiger partial charge in [0.15, 0.2) is 5.60 Å². The molecule has 1 saturated heterocycles. The van der Waals surface area contributed by atoms with E-state index in [1.807, 2.05) is 16.7 Å². The zero-order chi connectivity index (χ0) is 9.90. The number of rotatable bonds is 3. The summed E-state index contributed by atoms with van der Waals surface area (Å²) in [7, 11) is 0. The molecule has 1 unspecified atom stereocenters. The smallest absolute Gasteiger partial charge is 0.336 e. The van der Waals surface area contributed by atoms with Crippen molar-refractivity contribution in [3.8, 4) is 0 Å². The third-order valence-corrected chi connectivity index (χ3v) is 3.04. The first-order chi connectivity index (χ1) is 6.02. The maximum absolute atomic E-state index is 10.6. The molecule has 4 nitrogen and oxygen atoms in total. The third-order valence-electron chi connectivity index (χ3n) is 2.10. The molecule has 5 heteroatoms. The maximum atomic E-state index is 10.6. The Bertz CT molecular complexity index is 190. The van der Waals surface area contributed by atoms with Crippen molar-refractivity contribution in [1.29, 1.82) is 0 Å². The van der Waals surface area contributed by atoms with E-state index in [0.29, 0.717) is 0 Å². The van der Waals surface area contributed by atoms with Crippen LogP contribution < -0.4 is 0 Å². The molecule has 0 aliphatic carbocycles. The fourth-order valence-corrected chi connectivity index (χ4v) is 2.24. The summed E-state index contributed by atoms with van der Waals surface area (Å²) in [4.78, 5) is 12.6. The molecule has 1 heterocycles. The summed E-state index contributed by atoms with van der Waals surface area (Å²) >= 11 is 1.86. The first kappa shape index (κ1) is 10.8. The van der Waals surface area contributed by atoms with Crippen LogP contribution in [0.2, 0.25) is 0 Å². The van der Waals surface area contributed by atoms with Gasteiger partial charge in [-0.1, -0.05) is 0 Å². The monoisotopic (exact) mass is 205 g/mol. The van der Waals surface area contributed by atoms with Gasteiger partial charge >= 0.3 is 5.97 Å². The van der Waals surface area contributed by atoms with Gasteiger partial charge in [0.2, 0.25) is 0 Å². The van der Waals surface area contributed by atoms with E-state index in [9.17, 15) is 9.90 Å². The highest BCUT2D eigenvalue weighted by molar-refractivity contribution is 7.99. The predicted octanol–water partition coefficient (Wildman–Crippen LogP) is -0.129. The van der Waals surface area contributed by atoms with Crippen LogP contribution in [0.1, 0.15) is 6.92 Å². The van der Waals surface area contributed by atoms with Gasteiger partial charge < -0.3 is 10.2 Å². The van der Waals surface area contributed by atoms with E-state index >= 15 is 0 Å². The molecule has 1 fully saturated rings. The highest BCUT2D eigenvalue weighted by Crippen LogP contribution is 2.13. The first-order valence-corrected chi connectivity index (χ1v) is 5.44. The van der Waals surface area contributed by atoms with Crippen LogP contribution in [0.3, 0.4) is 0 Å². The minimum Gasteiger partial charge on any atom is -0.479 e. The molecule has 0 saturated carbocycles. The van der Waals surface area contributed by atoms with Crippen LogP contribution in [0.4, 0.5) is 0 Å². The summed E-state index contributed by atoms with van der Waals surface area (Å²) < 4.78 is 0. The molecule has 1 aliphatic heterocycles. The average Bonchev–Trinajstić information content (AvgIpc) is 2.05. The van der Waals surface area contributed by atoms with Crippen molar-refractivity contribution in [3.05, 3.63) is 0 Å². The molecule has 1 atom stereocenters. The lowest BCUT2D eigenvalue weighted by atomic mass is 10.1. The lowest BCUT2D eigenvalue weighted by Crippen LogP contribution is -2.49. The van der Waals surface area contributed by atoms with Crippen LogP contribution in [0.25, 0.3) is 0 Å². The summed E-state index contributed by atoms with van der Waals surface area (Å²) in [5.41, 5.74) is -1.61. The molecule has 0 amide bonds. The van der Waals surface area contributed by atoms with Crippen molar-refractivity contribution in [3.63, 3.8) is 0 Å². The Labute approximate surface area is 81.9 Å². The molecule has 13 heavy (non-hydrogen) atoms. The minimum absolute atomic E-state index is 0.225. The SMILES string of the molecule is CC(O)(CN1CCSCC1)C(=O)O. The van der Waals surface area contributed by atoms with Crippen LogP contribution in [0, 0.1) is 0 Å². The molecular weight excluding hydrogens is 190 g/mol. The van der Waals surface area contributed by atoms with Gasteiger partial charge in [0.25, 0.3) is 0 Å². The molecule has 0 radical (unpaired) electrons. The molecule has 76 valence electrons. The normalized spacial score (nSPS) is 23.8. The molecule has 0 spiro atoms. The summed E-state index contributed by atoms with van der Waals surface area (Å²) in [6, 6.07) is 0. The van der Waals surface area contributed by atoms with E-state index in [2.05, 4.69) is 0 Å². The number of carboxylic acids is 1. The van der Waals surface area contributed by atoms with Crippen LogP contribution in [0.15, 0.2) is 0 Å². The van der Waals surface area contributed by atoms with Gasteiger partial charge in [0.1, 0.15) is 0 Å². The van der Waals surface area contributed by atoms with E-state index in [1.165, 1.54) is 6.92 Å². The molecule has 1 aliphatic rings. The Morgan fingerprint density at radius 2 is 2.08 bits per heavy atom. The van der Waals surface area contributed by atoms with Crippen molar-refractivity contribution >= 4 is 17.7 Å². The third kappa shape index (κ3) is 3.17. The Morgan fingerprint density at radius 3 is 2.54 bits per heavy atom. The molecule has 0 aromatic carbocycles. The fraction of sp³-hybridized carbons (Fsp3) is 0.875. The molecule has 1 rings (SSSR count). The number of nitrogens with zero attached hydrogens (tertiary/aromatic N) is 1. The van der Waals surface area contributed by atoms with E-state index in [-0.39, 0.29) is 6.54 Å². The van der Waals surface area contributed by atoms with E-state index in [0.717, 1.165) is 24.6 Å². The second-order valence-corrected chi connectivity index (χ2v) is 4.69. The number of hydrogen-bond donors (Lipinski definition) is 2. The summed E-state index contributed by atoms with van der Waals surface area (Å²) in [6.45, 7) is 3.31. The molecule has 2 N–H and O–H groups in total. The number of aliphatic carboxylic acids is 1. The van der Waals surface area contributed by atoms with E-state index < -0.39 is 11.6 Å².